The monoisotopic (exact) mass is 186 g/mol. The Kier molecular flexibility index (Phi) is 8.67. The van der Waals surface area contributed by atoms with Crippen molar-refractivity contribution in [3.63, 3.8) is 0 Å². The number of carboxylic acid groups (broad SMARTS) is 1. The zero-order valence-corrected chi connectivity index (χ0v) is 7.91. The van der Waals surface area contributed by atoms with Crippen molar-refractivity contribution in [2.24, 2.45) is 0 Å². The molecule has 0 saturated carbocycles. The number of allylic oxidation sites excluding steroid dienone is 1. The molecule has 0 spiro atoms. The summed E-state index contributed by atoms with van der Waals surface area (Å²) in [5, 5.41) is 16.8. The van der Waals surface area contributed by atoms with Crippen LogP contribution in [0.1, 0.15) is 38.5 Å². The number of carboxylic acids is 1. The Hall–Kier alpha value is -0.830. The Balaban J connectivity index is 3.06. The van der Waals surface area contributed by atoms with E-state index in [0.717, 1.165) is 32.1 Å². The second-order valence-corrected chi connectivity index (χ2v) is 3.00. The van der Waals surface area contributed by atoms with Gasteiger partial charge in [0.2, 0.25) is 0 Å². The number of hydrogen-bond donors (Lipinski definition) is 2. The molecular formula is C10H18O3. The van der Waals surface area contributed by atoms with Crippen molar-refractivity contribution >= 4 is 5.97 Å². The maximum atomic E-state index is 10.1. The lowest BCUT2D eigenvalue weighted by atomic mass is 10.1. The van der Waals surface area contributed by atoms with Gasteiger partial charge >= 0.3 is 5.97 Å². The highest BCUT2D eigenvalue weighted by Crippen LogP contribution is 2.03. The van der Waals surface area contributed by atoms with Crippen LogP contribution in [0.4, 0.5) is 0 Å². The van der Waals surface area contributed by atoms with Crippen LogP contribution < -0.4 is 0 Å². The summed E-state index contributed by atoms with van der Waals surface area (Å²) < 4.78 is 0. The van der Waals surface area contributed by atoms with Gasteiger partial charge in [-0.15, -0.1) is 0 Å². The minimum absolute atomic E-state index is 0.122. The minimum Gasteiger partial charge on any atom is -0.481 e. The first kappa shape index (κ1) is 12.2. The van der Waals surface area contributed by atoms with Crippen LogP contribution in [0, 0.1) is 0 Å². The van der Waals surface area contributed by atoms with Gasteiger partial charge in [-0.3, -0.25) is 4.79 Å². The van der Waals surface area contributed by atoms with E-state index in [1.54, 1.807) is 6.08 Å². The number of carbonyl (C=O) groups is 1. The van der Waals surface area contributed by atoms with Crippen LogP contribution in [0.5, 0.6) is 0 Å². The number of unbranched alkanes of at least 4 members (excludes halogenated alkanes) is 4. The van der Waals surface area contributed by atoms with E-state index in [1.807, 2.05) is 6.08 Å². The average molecular weight is 186 g/mol. The molecule has 0 aromatic rings. The van der Waals surface area contributed by atoms with E-state index in [2.05, 4.69) is 0 Å². The summed E-state index contributed by atoms with van der Waals surface area (Å²) in [5.41, 5.74) is 0. The Labute approximate surface area is 79.1 Å². The van der Waals surface area contributed by atoms with E-state index in [1.165, 1.54) is 0 Å². The molecule has 0 aliphatic carbocycles. The van der Waals surface area contributed by atoms with E-state index in [-0.39, 0.29) is 13.0 Å². The van der Waals surface area contributed by atoms with Gasteiger partial charge in [-0.2, -0.15) is 0 Å². The van der Waals surface area contributed by atoms with Crippen LogP contribution in [0.15, 0.2) is 12.2 Å². The highest BCUT2D eigenvalue weighted by Gasteiger charge is 1.89. The zero-order valence-electron chi connectivity index (χ0n) is 7.91. The van der Waals surface area contributed by atoms with Gasteiger partial charge in [-0.1, -0.05) is 25.0 Å². The van der Waals surface area contributed by atoms with Crippen LogP contribution in [0.3, 0.4) is 0 Å². The van der Waals surface area contributed by atoms with Gasteiger partial charge in [-0.05, 0) is 19.3 Å². The summed E-state index contributed by atoms with van der Waals surface area (Å²) in [6.45, 7) is 0.273. The summed E-state index contributed by atoms with van der Waals surface area (Å²) in [7, 11) is 0. The molecule has 0 atom stereocenters. The lowest BCUT2D eigenvalue weighted by Crippen LogP contribution is -1.89. The number of hydrogen-bond acceptors (Lipinski definition) is 2. The largest absolute Gasteiger partial charge is 0.481 e. The number of aliphatic carboxylic acids is 1. The van der Waals surface area contributed by atoms with Crippen LogP contribution >= 0.6 is 0 Å². The number of rotatable bonds is 8. The molecule has 0 bridgehead atoms. The summed E-state index contributed by atoms with van der Waals surface area (Å²) >= 11 is 0. The van der Waals surface area contributed by atoms with E-state index in [4.69, 9.17) is 10.2 Å². The first-order valence-corrected chi connectivity index (χ1v) is 4.75. The molecular weight excluding hydrogens is 168 g/mol. The first-order valence-electron chi connectivity index (χ1n) is 4.75. The first-order chi connectivity index (χ1) is 6.27. The summed E-state index contributed by atoms with van der Waals surface area (Å²) in [6, 6.07) is 0. The molecule has 0 radical (unpaired) electrons. The molecule has 0 unspecified atom stereocenters. The standard InChI is InChI=1S/C10H18O3/c11-9-7-5-3-1-2-4-6-8-10(12)13/h4,6,11H,1-3,5,7-9H2,(H,12,13). The fraction of sp³-hybridized carbons (Fsp3) is 0.700. The maximum absolute atomic E-state index is 10.1. The Morgan fingerprint density at radius 1 is 1.08 bits per heavy atom. The second kappa shape index (κ2) is 9.26. The van der Waals surface area contributed by atoms with E-state index in [9.17, 15) is 4.79 Å². The van der Waals surface area contributed by atoms with Crippen molar-refractivity contribution in [1.29, 1.82) is 0 Å². The normalized spacial score (nSPS) is 10.8. The van der Waals surface area contributed by atoms with Crippen molar-refractivity contribution in [3.05, 3.63) is 12.2 Å². The van der Waals surface area contributed by atoms with Gasteiger partial charge in [0.1, 0.15) is 0 Å². The number of aliphatic hydroxyl groups is 1. The van der Waals surface area contributed by atoms with Gasteiger partial charge < -0.3 is 10.2 Å². The summed E-state index contributed by atoms with van der Waals surface area (Å²) in [5.74, 6) is -0.781. The average Bonchev–Trinajstić information content (AvgIpc) is 2.09. The molecule has 2 N–H and O–H groups in total. The van der Waals surface area contributed by atoms with Gasteiger partial charge in [0.05, 0.1) is 6.42 Å². The molecule has 0 aliphatic heterocycles. The van der Waals surface area contributed by atoms with Gasteiger partial charge in [0, 0.05) is 6.61 Å². The third-order valence-corrected chi connectivity index (χ3v) is 1.74. The molecule has 0 saturated heterocycles. The van der Waals surface area contributed by atoms with E-state index >= 15 is 0 Å². The van der Waals surface area contributed by atoms with Crippen molar-refractivity contribution in [2.75, 3.05) is 6.61 Å². The molecule has 0 amide bonds. The van der Waals surface area contributed by atoms with E-state index in [0.29, 0.717) is 0 Å². The smallest absolute Gasteiger partial charge is 0.307 e. The number of aliphatic hydroxyl groups excluding tert-OH is 1. The third-order valence-electron chi connectivity index (χ3n) is 1.74. The minimum atomic E-state index is -0.781. The van der Waals surface area contributed by atoms with Crippen LogP contribution in [0.25, 0.3) is 0 Å². The molecule has 0 aliphatic rings. The quantitative estimate of drug-likeness (QED) is 0.450. The lowest BCUT2D eigenvalue weighted by Gasteiger charge is -1.95. The Morgan fingerprint density at radius 2 is 1.77 bits per heavy atom. The van der Waals surface area contributed by atoms with Crippen molar-refractivity contribution < 1.29 is 15.0 Å². The molecule has 0 fully saturated rings. The molecule has 13 heavy (non-hydrogen) atoms. The van der Waals surface area contributed by atoms with Crippen LogP contribution in [-0.4, -0.2) is 22.8 Å². The summed E-state index contributed by atoms with van der Waals surface area (Å²) in [6.07, 6.45) is 8.78. The van der Waals surface area contributed by atoms with E-state index < -0.39 is 5.97 Å². The predicted molar refractivity (Wildman–Crippen MR) is 51.6 cm³/mol. The zero-order chi connectivity index (χ0) is 9.94. The van der Waals surface area contributed by atoms with Gasteiger partial charge in [-0.25, -0.2) is 0 Å². The topological polar surface area (TPSA) is 57.5 Å². The predicted octanol–water partition coefficient (Wildman–Crippen LogP) is 1.96. The van der Waals surface area contributed by atoms with Crippen LogP contribution in [-0.2, 0) is 4.79 Å². The molecule has 3 heteroatoms. The fourth-order valence-electron chi connectivity index (χ4n) is 1.03. The van der Waals surface area contributed by atoms with Crippen molar-refractivity contribution in [3.8, 4) is 0 Å². The fourth-order valence-corrected chi connectivity index (χ4v) is 1.03. The summed E-state index contributed by atoms with van der Waals surface area (Å²) in [4.78, 5) is 10.1. The Morgan fingerprint density at radius 3 is 2.38 bits per heavy atom. The maximum Gasteiger partial charge on any atom is 0.307 e. The molecule has 76 valence electrons. The van der Waals surface area contributed by atoms with Gasteiger partial charge in [0.15, 0.2) is 0 Å². The third kappa shape index (κ3) is 11.2. The molecule has 3 nitrogen and oxygen atoms in total. The van der Waals surface area contributed by atoms with Crippen molar-refractivity contribution in [1.82, 2.24) is 0 Å². The molecule has 0 aromatic heterocycles. The molecule has 0 heterocycles. The lowest BCUT2D eigenvalue weighted by molar-refractivity contribution is -0.136. The molecule has 0 aromatic carbocycles. The Bertz CT molecular complexity index is 152. The highest BCUT2D eigenvalue weighted by molar-refractivity contribution is 5.68. The second-order valence-electron chi connectivity index (χ2n) is 3.00. The van der Waals surface area contributed by atoms with Crippen molar-refractivity contribution in [2.45, 2.75) is 38.5 Å². The van der Waals surface area contributed by atoms with Crippen LogP contribution in [0.2, 0.25) is 0 Å². The highest BCUT2D eigenvalue weighted by atomic mass is 16.4. The van der Waals surface area contributed by atoms with Gasteiger partial charge in [0.25, 0.3) is 0 Å². The molecule has 0 rings (SSSR count). The SMILES string of the molecule is O=C(O)CC=CCCCCCCO.